The monoisotopic (exact) mass is 519 g/mol. The van der Waals surface area contributed by atoms with Gasteiger partial charge in [-0.15, -0.1) is 0 Å². The predicted molar refractivity (Wildman–Crippen MR) is 131 cm³/mol. The number of benzene rings is 2. The van der Waals surface area contributed by atoms with Crippen LogP contribution in [0.3, 0.4) is 0 Å². The molecule has 0 saturated heterocycles. The largest absolute Gasteiger partial charge is 0.497 e. The van der Waals surface area contributed by atoms with Crippen molar-refractivity contribution in [3.8, 4) is 11.5 Å². The molecule has 0 bridgehead atoms. The molecule has 1 aliphatic carbocycles. The molecule has 0 radical (unpaired) electrons. The van der Waals surface area contributed by atoms with E-state index in [4.69, 9.17) is 26.5 Å². The smallest absolute Gasteiger partial charge is 0.270 e. The zero-order valence-electron chi connectivity index (χ0n) is 18.4. The molecule has 8 heteroatoms. The second-order valence-corrected chi connectivity index (χ2v) is 8.89. The number of carbonyl (C=O) groups excluding carboxylic acids is 1. The molecule has 3 rings (SSSR count). The second-order valence-electron chi connectivity index (χ2n) is 7.63. The van der Waals surface area contributed by atoms with Crippen LogP contribution >= 0.6 is 27.5 Å². The van der Waals surface area contributed by atoms with Gasteiger partial charge in [0, 0.05) is 41.3 Å². The number of methoxy groups -OCH3 is 2. The summed E-state index contributed by atoms with van der Waals surface area (Å²) in [7, 11) is 4.89. The fourth-order valence-corrected chi connectivity index (χ4v) is 3.77. The standard InChI is InChI=1S/C24H27BrClN3O3/c1-28-22(12-21(27)16-5-6-16)24(30)29(13-15-4-9-19(25)20(26)10-15)14-17-7-8-18(31-2)11-23(17)32-3/h4,7-12,16,27-28H,5-6,13-14H2,1-3H3/b22-12-,27-21?. The summed E-state index contributed by atoms with van der Waals surface area (Å²) < 4.78 is 11.6. The number of hydrogen-bond donors (Lipinski definition) is 2. The maximum Gasteiger partial charge on any atom is 0.270 e. The molecule has 0 spiro atoms. The third kappa shape index (κ3) is 6.04. The van der Waals surface area contributed by atoms with Crippen molar-refractivity contribution >= 4 is 39.1 Å². The highest BCUT2D eigenvalue weighted by Crippen LogP contribution is 2.31. The van der Waals surface area contributed by atoms with E-state index in [1.54, 1.807) is 38.3 Å². The minimum atomic E-state index is -0.199. The molecule has 2 N–H and O–H groups in total. The van der Waals surface area contributed by atoms with E-state index < -0.39 is 0 Å². The van der Waals surface area contributed by atoms with Crippen LogP contribution in [-0.2, 0) is 17.9 Å². The first-order valence-electron chi connectivity index (χ1n) is 10.3. The molecular formula is C24H27BrClN3O3. The van der Waals surface area contributed by atoms with E-state index in [1.807, 2.05) is 30.3 Å². The minimum Gasteiger partial charge on any atom is -0.497 e. The number of halogens is 2. The molecule has 32 heavy (non-hydrogen) atoms. The Balaban J connectivity index is 1.93. The summed E-state index contributed by atoms with van der Waals surface area (Å²) in [5, 5.41) is 11.8. The fourth-order valence-electron chi connectivity index (χ4n) is 3.32. The lowest BCUT2D eigenvalue weighted by molar-refractivity contribution is -0.128. The molecule has 6 nitrogen and oxygen atoms in total. The highest BCUT2D eigenvalue weighted by molar-refractivity contribution is 9.10. The predicted octanol–water partition coefficient (Wildman–Crippen LogP) is 5.18. The van der Waals surface area contributed by atoms with Crippen molar-refractivity contribution in [2.45, 2.75) is 25.9 Å². The maximum atomic E-state index is 13.5. The van der Waals surface area contributed by atoms with E-state index >= 15 is 0 Å². The highest BCUT2D eigenvalue weighted by Gasteiger charge is 2.27. The van der Waals surface area contributed by atoms with Crippen LogP contribution in [0.5, 0.6) is 11.5 Å². The Morgan fingerprint density at radius 1 is 1.22 bits per heavy atom. The minimum absolute atomic E-state index is 0.199. The Bertz CT molecular complexity index is 1040. The number of carbonyl (C=O) groups is 1. The number of nitrogens with one attached hydrogen (secondary N) is 2. The van der Waals surface area contributed by atoms with Gasteiger partial charge in [0.1, 0.15) is 17.2 Å². The van der Waals surface area contributed by atoms with Gasteiger partial charge in [-0.3, -0.25) is 4.79 Å². The van der Waals surface area contributed by atoms with Crippen molar-refractivity contribution in [2.24, 2.45) is 5.92 Å². The summed E-state index contributed by atoms with van der Waals surface area (Å²) in [6.45, 7) is 0.659. The van der Waals surface area contributed by atoms with E-state index in [0.717, 1.165) is 28.4 Å². The Morgan fingerprint density at radius 3 is 2.56 bits per heavy atom. The van der Waals surface area contributed by atoms with Gasteiger partial charge in [-0.25, -0.2) is 0 Å². The van der Waals surface area contributed by atoms with Gasteiger partial charge in [-0.1, -0.05) is 17.7 Å². The molecule has 0 aromatic heterocycles. The van der Waals surface area contributed by atoms with Crippen molar-refractivity contribution in [2.75, 3.05) is 21.3 Å². The van der Waals surface area contributed by atoms with Crippen LogP contribution < -0.4 is 14.8 Å². The first-order valence-corrected chi connectivity index (χ1v) is 11.4. The van der Waals surface area contributed by atoms with Crippen LogP contribution in [-0.4, -0.2) is 37.8 Å². The van der Waals surface area contributed by atoms with Crippen LogP contribution in [0.15, 0.2) is 52.6 Å². The summed E-state index contributed by atoms with van der Waals surface area (Å²) in [5.41, 5.74) is 2.61. The number of hydrogen-bond acceptors (Lipinski definition) is 5. The van der Waals surface area contributed by atoms with Gasteiger partial charge in [0.05, 0.1) is 25.8 Å². The van der Waals surface area contributed by atoms with Gasteiger partial charge in [0.2, 0.25) is 0 Å². The maximum absolute atomic E-state index is 13.5. The molecule has 2 aromatic carbocycles. The summed E-state index contributed by atoms with van der Waals surface area (Å²) in [6.07, 6.45) is 3.65. The molecule has 1 fully saturated rings. The van der Waals surface area contributed by atoms with Crippen molar-refractivity contribution in [1.82, 2.24) is 10.2 Å². The molecule has 0 atom stereocenters. The first kappa shape index (κ1) is 24.1. The second kappa shape index (κ2) is 10.9. The summed E-state index contributed by atoms with van der Waals surface area (Å²) in [5.74, 6) is 1.37. The van der Waals surface area contributed by atoms with E-state index in [1.165, 1.54) is 0 Å². The van der Waals surface area contributed by atoms with E-state index in [2.05, 4.69) is 21.2 Å². The quantitative estimate of drug-likeness (QED) is 0.334. The molecule has 1 aliphatic rings. The molecule has 170 valence electrons. The average molecular weight is 521 g/mol. The Kier molecular flexibility index (Phi) is 8.21. The van der Waals surface area contributed by atoms with Crippen molar-refractivity contribution < 1.29 is 14.3 Å². The van der Waals surface area contributed by atoms with Crippen LogP contribution in [0.4, 0.5) is 0 Å². The van der Waals surface area contributed by atoms with E-state index in [9.17, 15) is 4.79 Å². The SMILES string of the molecule is CN/C(=C\C(=N)C1CC1)C(=O)N(Cc1ccc(Br)c(Cl)c1)Cc1ccc(OC)cc1OC. The Hall–Kier alpha value is -2.51. The van der Waals surface area contributed by atoms with Crippen LogP contribution in [0.1, 0.15) is 24.0 Å². The lowest BCUT2D eigenvalue weighted by Gasteiger charge is -2.25. The number of allylic oxidation sites excluding steroid dienone is 1. The molecule has 2 aromatic rings. The normalized spacial score (nSPS) is 13.5. The van der Waals surface area contributed by atoms with Gasteiger partial charge in [0.15, 0.2) is 0 Å². The van der Waals surface area contributed by atoms with E-state index in [-0.39, 0.29) is 11.8 Å². The topological polar surface area (TPSA) is 74.7 Å². The van der Waals surface area contributed by atoms with Gasteiger partial charge >= 0.3 is 0 Å². The lowest BCUT2D eigenvalue weighted by Crippen LogP contribution is -2.35. The molecule has 0 aliphatic heterocycles. The zero-order valence-corrected chi connectivity index (χ0v) is 20.7. The number of likely N-dealkylation sites (N-methyl/N-ethyl adjacent to an activating group) is 1. The molecule has 1 amide bonds. The molecular weight excluding hydrogens is 494 g/mol. The molecule has 0 unspecified atom stereocenters. The molecule has 1 saturated carbocycles. The Labute approximate surface area is 202 Å². The van der Waals surface area contributed by atoms with Gasteiger partial charge in [0.25, 0.3) is 5.91 Å². The third-order valence-corrected chi connectivity index (χ3v) is 6.55. The van der Waals surface area contributed by atoms with Crippen LogP contribution in [0, 0.1) is 11.3 Å². The Morgan fingerprint density at radius 2 is 1.97 bits per heavy atom. The molecule has 0 heterocycles. The summed E-state index contributed by atoms with van der Waals surface area (Å²) >= 11 is 9.69. The van der Waals surface area contributed by atoms with Crippen molar-refractivity contribution in [3.63, 3.8) is 0 Å². The van der Waals surface area contributed by atoms with Gasteiger partial charge in [-0.2, -0.15) is 0 Å². The summed E-state index contributed by atoms with van der Waals surface area (Å²) in [6, 6.07) is 11.2. The summed E-state index contributed by atoms with van der Waals surface area (Å²) in [4.78, 5) is 15.2. The number of nitrogens with zero attached hydrogens (tertiary/aromatic N) is 1. The van der Waals surface area contributed by atoms with Gasteiger partial charge in [-0.05, 0) is 64.7 Å². The van der Waals surface area contributed by atoms with Crippen LogP contribution in [0.25, 0.3) is 0 Å². The van der Waals surface area contributed by atoms with Crippen molar-refractivity contribution in [1.29, 1.82) is 5.41 Å². The average Bonchev–Trinajstić information content (AvgIpc) is 3.64. The van der Waals surface area contributed by atoms with E-state index in [0.29, 0.717) is 41.0 Å². The third-order valence-electron chi connectivity index (χ3n) is 5.32. The van der Waals surface area contributed by atoms with Crippen LogP contribution in [0.2, 0.25) is 5.02 Å². The number of ether oxygens (including phenoxy) is 2. The number of amides is 1. The lowest BCUT2D eigenvalue weighted by atomic mass is 10.1. The number of rotatable bonds is 10. The fraction of sp³-hybridized carbons (Fsp3) is 0.333. The highest BCUT2D eigenvalue weighted by atomic mass is 79.9. The zero-order chi connectivity index (χ0) is 23.3. The van der Waals surface area contributed by atoms with Gasteiger partial charge < -0.3 is 25.1 Å². The first-order chi connectivity index (χ1) is 15.4. The van der Waals surface area contributed by atoms with Crippen molar-refractivity contribution in [3.05, 3.63) is 68.8 Å².